The number of nitrogens with one attached hydrogen (secondary N) is 1. The van der Waals surface area contributed by atoms with Gasteiger partial charge in [-0.05, 0) is 49.2 Å². The van der Waals surface area contributed by atoms with Crippen LogP contribution in [0.4, 0.5) is 10.1 Å². The van der Waals surface area contributed by atoms with Crippen molar-refractivity contribution in [2.24, 2.45) is 0 Å². The van der Waals surface area contributed by atoms with Gasteiger partial charge in [-0.25, -0.2) is 4.39 Å². The van der Waals surface area contributed by atoms with Crippen molar-refractivity contribution in [2.45, 2.75) is 26.3 Å². The Labute approximate surface area is 162 Å². The number of benzene rings is 2. The zero-order valence-electron chi connectivity index (χ0n) is 15.5. The molecule has 2 heterocycles. The Morgan fingerprint density at radius 2 is 1.96 bits per heavy atom. The molecule has 0 bridgehead atoms. The van der Waals surface area contributed by atoms with E-state index in [9.17, 15) is 14.0 Å². The van der Waals surface area contributed by atoms with E-state index in [0.717, 1.165) is 24.2 Å². The predicted molar refractivity (Wildman–Crippen MR) is 106 cm³/mol. The summed E-state index contributed by atoms with van der Waals surface area (Å²) in [5.41, 5.74) is 3.41. The lowest BCUT2D eigenvalue weighted by atomic mass is 10.1. The van der Waals surface area contributed by atoms with E-state index in [2.05, 4.69) is 10.3 Å². The Balaban J connectivity index is 1.49. The zero-order valence-corrected chi connectivity index (χ0v) is 15.5. The molecule has 1 fully saturated rings. The quantitative estimate of drug-likeness (QED) is 0.753. The van der Waals surface area contributed by atoms with Crippen molar-refractivity contribution >= 4 is 28.4 Å². The molecule has 0 radical (unpaired) electrons. The number of carbonyl (C=O) groups is 2. The van der Waals surface area contributed by atoms with E-state index in [1.165, 1.54) is 12.1 Å². The van der Waals surface area contributed by atoms with Crippen LogP contribution in [0.3, 0.4) is 0 Å². The topological polar surface area (TPSA) is 62.3 Å². The first kappa shape index (κ1) is 18.1. The molecule has 0 saturated carbocycles. The molecular weight excluding hydrogens is 357 g/mol. The van der Waals surface area contributed by atoms with Crippen molar-refractivity contribution in [2.75, 3.05) is 11.4 Å². The molecule has 0 atom stereocenters. The van der Waals surface area contributed by atoms with Crippen LogP contribution in [0, 0.1) is 12.7 Å². The molecule has 2 aromatic carbocycles. The van der Waals surface area contributed by atoms with Gasteiger partial charge in [-0.15, -0.1) is 0 Å². The van der Waals surface area contributed by atoms with Gasteiger partial charge in [0.15, 0.2) is 0 Å². The zero-order chi connectivity index (χ0) is 19.7. The Bertz CT molecular complexity index is 1060. The van der Waals surface area contributed by atoms with Crippen molar-refractivity contribution in [3.63, 3.8) is 0 Å². The number of carbonyl (C=O) groups excluding carboxylic acids is 2. The summed E-state index contributed by atoms with van der Waals surface area (Å²) < 4.78 is 13.5. The van der Waals surface area contributed by atoms with Crippen molar-refractivity contribution in [3.8, 4) is 0 Å². The van der Waals surface area contributed by atoms with E-state index in [0.29, 0.717) is 35.1 Å². The van der Waals surface area contributed by atoms with Crippen LogP contribution in [0.5, 0.6) is 0 Å². The minimum atomic E-state index is -0.381. The number of pyridine rings is 1. The fraction of sp³-hybridized carbons (Fsp3) is 0.227. The normalized spacial score (nSPS) is 13.9. The molecule has 1 aliphatic heterocycles. The molecule has 6 heteroatoms. The number of aryl methyl sites for hydroxylation is 1. The van der Waals surface area contributed by atoms with Gasteiger partial charge in [0.05, 0.1) is 11.1 Å². The molecule has 0 spiro atoms. The third-order valence-electron chi connectivity index (χ3n) is 4.92. The Morgan fingerprint density at radius 3 is 2.68 bits per heavy atom. The maximum Gasteiger partial charge on any atom is 0.252 e. The van der Waals surface area contributed by atoms with Gasteiger partial charge in [-0.2, -0.15) is 0 Å². The number of rotatable bonds is 4. The molecule has 1 saturated heterocycles. The van der Waals surface area contributed by atoms with Crippen molar-refractivity contribution < 1.29 is 14.0 Å². The molecule has 0 unspecified atom stereocenters. The first-order chi connectivity index (χ1) is 13.5. The Kier molecular flexibility index (Phi) is 4.77. The summed E-state index contributed by atoms with van der Waals surface area (Å²) in [5, 5.41) is 3.52. The van der Waals surface area contributed by atoms with Crippen LogP contribution >= 0.6 is 0 Å². The van der Waals surface area contributed by atoms with Crippen LogP contribution in [0.15, 0.2) is 48.5 Å². The van der Waals surface area contributed by atoms with Gasteiger partial charge in [-0.3, -0.25) is 14.6 Å². The Hall–Kier alpha value is -3.28. The summed E-state index contributed by atoms with van der Waals surface area (Å²) in [4.78, 5) is 30.6. The molecule has 3 aromatic rings. The largest absolute Gasteiger partial charge is 0.348 e. The maximum atomic E-state index is 13.5. The van der Waals surface area contributed by atoms with E-state index < -0.39 is 0 Å². The Morgan fingerprint density at radius 1 is 1.18 bits per heavy atom. The van der Waals surface area contributed by atoms with E-state index in [1.54, 1.807) is 24.0 Å². The van der Waals surface area contributed by atoms with E-state index in [-0.39, 0.29) is 17.6 Å². The number of fused-ring (bicyclic) bond motifs is 1. The fourth-order valence-corrected chi connectivity index (χ4v) is 3.51. The van der Waals surface area contributed by atoms with E-state index >= 15 is 0 Å². The lowest BCUT2D eigenvalue weighted by Crippen LogP contribution is -2.24. The van der Waals surface area contributed by atoms with Crippen LogP contribution in [0.2, 0.25) is 0 Å². The first-order valence-electron chi connectivity index (χ1n) is 9.26. The second-order valence-corrected chi connectivity index (χ2v) is 6.97. The number of aromatic nitrogens is 1. The number of nitrogens with zero attached hydrogens (tertiary/aromatic N) is 2. The van der Waals surface area contributed by atoms with Gasteiger partial charge in [0.2, 0.25) is 5.91 Å². The minimum Gasteiger partial charge on any atom is -0.348 e. The third-order valence-corrected chi connectivity index (χ3v) is 4.92. The second-order valence-electron chi connectivity index (χ2n) is 6.97. The highest BCUT2D eigenvalue weighted by molar-refractivity contribution is 6.06. The molecule has 0 aliphatic carbocycles. The van der Waals surface area contributed by atoms with Crippen LogP contribution in [0.1, 0.15) is 34.5 Å². The number of anilines is 1. The fourth-order valence-electron chi connectivity index (χ4n) is 3.51. The highest BCUT2D eigenvalue weighted by Crippen LogP contribution is 2.22. The summed E-state index contributed by atoms with van der Waals surface area (Å²) in [6.07, 6.45) is 1.49. The van der Waals surface area contributed by atoms with Gasteiger partial charge in [-0.1, -0.05) is 12.1 Å². The number of hydrogen-bond donors (Lipinski definition) is 1. The van der Waals surface area contributed by atoms with Gasteiger partial charge in [0, 0.05) is 42.3 Å². The van der Waals surface area contributed by atoms with Gasteiger partial charge in [0.25, 0.3) is 5.91 Å². The average molecular weight is 377 g/mol. The molecule has 5 nitrogen and oxygen atoms in total. The van der Waals surface area contributed by atoms with Gasteiger partial charge in [0.1, 0.15) is 5.82 Å². The average Bonchev–Trinajstić information content (AvgIpc) is 3.11. The summed E-state index contributed by atoms with van der Waals surface area (Å²) >= 11 is 0. The summed E-state index contributed by atoms with van der Waals surface area (Å²) in [6.45, 7) is 2.89. The van der Waals surface area contributed by atoms with Gasteiger partial charge >= 0.3 is 0 Å². The molecule has 2 amide bonds. The third kappa shape index (κ3) is 3.58. The van der Waals surface area contributed by atoms with Crippen LogP contribution in [-0.2, 0) is 11.3 Å². The lowest BCUT2D eigenvalue weighted by Gasteiger charge is -2.16. The molecule has 28 heavy (non-hydrogen) atoms. The number of hydrogen-bond acceptors (Lipinski definition) is 3. The number of halogens is 1. The second kappa shape index (κ2) is 7.38. The lowest BCUT2D eigenvalue weighted by molar-refractivity contribution is -0.117. The minimum absolute atomic E-state index is 0.150. The van der Waals surface area contributed by atoms with Crippen LogP contribution < -0.4 is 10.2 Å². The molecule has 1 aromatic heterocycles. The maximum absolute atomic E-state index is 13.5. The van der Waals surface area contributed by atoms with Crippen LogP contribution in [0.25, 0.3) is 10.9 Å². The molecule has 4 rings (SSSR count). The highest BCUT2D eigenvalue weighted by Gasteiger charge is 2.21. The summed E-state index contributed by atoms with van der Waals surface area (Å²) in [6, 6.07) is 13.6. The smallest absolute Gasteiger partial charge is 0.252 e. The van der Waals surface area contributed by atoms with Gasteiger partial charge < -0.3 is 10.2 Å². The summed E-state index contributed by atoms with van der Waals surface area (Å²) in [7, 11) is 0. The molecule has 142 valence electrons. The van der Waals surface area contributed by atoms with E-state index in [1.807, 2.05) is 24.3 Å². The highest BCUT2D eigenvalue weighted by atomic mass is 19.1. The molecule has 1 N–H and O–H groups in total. The predicted octanol–water partition coefficient (Wildman–Crippen LogP) is 3.74. The molecular formula is C22H20FN3O2. The standard InChI is InChI=1S/C22H20FN3O2/c1-14-11-19(18-9-6-16(23)12-20(18)25-14)22(28)24-13-15-4-7-17(8-5-15)26-10-2-3-21(26)27/h4-9,11-12H,2-3,10,13H2,1H3,(H,24,28). The van der Waals surface area contributed by atoms with Crippen LogP contribution in [-0.4, -0.2) is 23.3 Å². The van der Waals surface area contributed by atoms with Crippen molar-refractivity contribution in [3.05, 3.63) is 71.2 Å². The van der Waals surface area contributed by atoms with Crippen molar-refractivity contribution in [1.29, 1.82) is 0 Å². The van der Waals surface area contributed by atoms with E-state index in [4.69, 9.17) is 0 Å². The number of amides is 2. The molecule has 1 aliphatic rings. The first-order valence-corrected chi connectivity index (χ1v) is 9.26. The SMILES string of the molecule is Cc1cc(C(=O)NCc2ccc(N3CCCC3=O)cc2)c2ccc(F)cc2n1. The van der Waals surface area contributed by atoms with Crippen molar-refractivity contribution in [1.82, 2.24) is 10.3 Å². The monoisotopic (exact) mass is 377 g/mol. The summed E-state index contributed by atoms with van der Waals surface area (Å²) in [5.74, 6) is -0.466.